The van der Waals surface area contributed by atoms with Crippen LogP contribution in [0.3, 0.4) is 0 Å². The minimum atomic E-state index is -0.629. The molecule has 9 aliphatic rings. The number of para-hydroxylation sites is 3. The zero-order valence-corrected chi connectivity index (χ0v) is 58.3. The molecule has 33 rings (SSSR count). The summed E-state index contributed by atoms with van der Waals surface area (Å²) in [7, 11) is 2.17. The summed E-state index contributed by atoms with van der Waals surface area (Å²) in [5.74, 6) is 5.63. The third-order valence-electron chi connectivity index (χ3n) is 26.8. The van der Waals surface area contributed by atoms with Gasteiger partial charge in [0.25, 0.3) is 5.65 Å². The third-order valence-corrected chi connectivity index (χ3v) is 27.7. The molecular weight excluding hydrogens is 1370 g/mol. The summed E-state index contributed by atoms with van der Waals surface area (Å²) in [5.41, 5.74) is 22.5. The van der Waals surface area contributed by atoms with E-state index in [1.54, 1.807) is 0 Å². The summed E-state index contributed by atoms with van der Waals surface area (Å²) in [5, 5.41) is 25.0. The largest absolute Gasteiger partial charge is 0.456 e. The minimum Gasteiger partial charge on any atom is -0.456 e. The molecule has 3 atom stereocenters. The highest BCUT2D eigenvalue weighted by Gasteiger charge is 2.72. The average Bonchev–Trinajstić information content (AvgIpc) is 1.47. The van der Waals surface area contributed by atoms with Crippen molar-refractivity contribution in [1.29, 1.82) is 0 Å². The number of aryl methyl sites for hydroxylation is 1. The second-order valence-electron chi connectivity index (χ2n) is 31.1. The van der Waals surface area contributed by atoms with Crippen molar-refractivity contribution in [2.75, 3.05) is 0 Å². The number of furan rings is 1. The van der Waals surface area contributed by atoms with E-state index in [1.807, 2.05) is 17.6 Å². The lowest BCUT2D eigenvalue weighted by atomic mass is 9.85. The molecule has 12 aromatic carbocycles. The molecule has 0 aliphatic carbocycles. The molecule has 3 spiro atoms. The number of imidazole rings is 3. The summed E-state index contributed by atoms with van der Waals surface area (Å²) in [6, 6.07) is 86.0. The minimum absolute atomic E-state index is 0.525. The van der Waals surface area contributed by atoms with E-state index in [0.29, 0.717) is 0 Å². The number of rotatable bonds is 0. The van der Waals surface area contributed by atoms with Gasteiger partial charge >= 0.3 is 34.0 Å². The maximum absolute atomic E-state index is 6.77. The molecule has 12 aromatic heterocycles. The summed E-state index contributed by atoms with van der Waals surface area (Å²) in [6.07, 6.45) is 10.8. The molecule has 109 heavy (non-hydrogen) atoms. The van der Waals surface area contributed by atoms with Crippen molar-refractivity contribution in [2.45, 2.75) is 17.0 Å². The van der Waals surface area contributed by atoms with Gasteiger partial charge in [-0.05, 0) is 131 Å². The van der Waals surface area contributed by atoms with Crippen LogP contribution < -0.4 is 41.6 Å². The topological polar surface area (TPSA) is 82.3 Å². The van der Waals surface area contributed by atoms with Crippen molar-refractivity contribution in [1.82, 2.24) is 17.8 Å². The Morgan fingerprint density at radius 2 is 0.688 bits per heavy atom. The molecule has 14 nitrogen and oxygen atoms in total. The molecular formula is C94H48N10O4S+6. The number of thiophene rings is 1. The molecule has 0 fully saturated rings. The van der Waals surface area contributed by atoms with Crippen LogP contribution in [-0.2, 0) is 24.0 Å². The van der Waals surface area contributed by atoms with Gasteiger partial charge in [0.2, 0.25) is 32.5 Å². The predicted octanol–water partition coefficient (Wildman–Crippen LogP) is 17.9. The number of nitrogens with zero attached hydrogens (tertiary/aromatic N) is 10. The Kier molecular flexibility index (Phi) is 8.26. The van der Waals surface area contributed by atoms with Crippen LogP contribution in [0.2, 0.25) is 0 Å². The van der Waals surface area contributed by atoms with E-state index in [0.717, 1.165) is 51.4 Å². The van der Waals surface area contributed by atoms with Crippen LogP contribution in [0, 0.1) is 0 Å². The number of benzene rings is 12. The monoisotopic (exact) mass is 1410 g/mol. The first kappa shape index (κ1) is 53.5. The Bertz CT molecular complexity index is 8580. The molecule has 0 radical (unpaired) electrons. The molecule has 21 heterocycles. The van der Waals surface area contributed by atoms with E-state index < -0.39 is 17.0 Å². The molecule has 15 heteroatoms. The molecule has 9 aliphatic heterocycles. The van der Waals surface area contributed by atoms with Crippen LogP contribution in [0.25, 0.3) is 180 Å². The highest BCUT2D eigenvalue weighted by molar-refractivity contribution is 7.16. The summed E-state index contributed by atoms with van der Waals surface area (Å²) < 4.78 is 51.4. The van der Waals surface area contributed by atoms with E-state index in [-0.39, 0.29) is 0 Å². The number of fused-ring (bicyclic) bond motifs is 18. The lowest BCUT2D eigenvalue weighted by Gasteiger charge is -2.29. The molecule has 24 aromatic rings. The number of ether oxygens (including phenoxy) is 3. The second kappa shape index (κ2) is 16.8. The van der Waals surface area contributed by atoms with E-state index in [1.165, 1.54) is 196 Å². The smallest absolute Gasteiger partial charge is 0.374 e. The van der Waals surface area contributed by atoms with Crippen molar-refractivity contribution in [2.24, 2.45) is 7.05 Å². The van der Waals surface area contributed by atoms with Crippen molar-refractivity contribution in [3.8, 4) is 34.5 Å². The summed E-state index contributed by atoms with van der Waals surface area (Å²) >= 11 is 1.83. The lowest BCUT2D eigenvalue weighted by molar-refractivity contribution is -0.936. The van der Waals surface area contributed by atoms with E-state index in [2.05, 4.69) is 319 Å². The molecule has 0 amide bonds. The molecule has 3 unspecified atom stereocenters. The number of pyridine rings is 6. The Hall–Kier alpha value is -14.3. The molecule has 0 N–H and O–H groups in total. The Morgan fingerprint density at radius 1 is 0.303 bits per heavy atom. The van der Waals surface area contributed by atoms with Gasteiger partial charge in [-0.25, -0.2) is 4.40 Å². The first-order valence-corrected chi connectivity index (χ1v) is 38.2. The standard InChI is InChI=1S/C32H18N4O.C31H15N3O2.C31H15N3OS/c1-33-16-14-22-30(33)36-31-26-20(19-6-2-3-7-21(19)35(22)31)11-13-24-28(26)32(36)27-23(37-24)12-10-17-8-9-18-5-4-15-34(32)29(18)25(17)27;1-2-6-20-18(5-1)19-10-12-23-27-25(19)29-33(20)21-13-15-35-30(21)34(29)31(27)26-22(36-23)11-9-16-7-8-17-4-3-14-32(31)28(17)24(16)26;1-2-6-20-18(5-1)19-10-12-23-27-25(19)29-33(20)21-13-15-36-30(21)34(29)31(27)26-22(35-23)11-9-16-7-8-17-4-3-14-32(31)28(17)24(16)26/h2-16H,1H3;2*1-15H/q3*+2. The van der Waals surface area contributed by atoms with Gasteiger partial charge in [0, 0.05) is 84.9 Å². The average molecular weight is 1410 g/mol. The Labute approximate surface area is 615 Å². The van der Waals surface area contributed by atoms with Crippen molar-refractivity contribution in [3.63, 3.8) is 0 Å². The van der Waals surface area contributed by atoms with Crippen LogP contribution in [0.1, 0.15) is 33.4 Å². The van der Waals surface area contributed by atoms with Gasteiger partial charge in [0.1, 0.15) is 84.4 Å². The van der Waals surface area contributed by atoms with E-state index in [4.69, 9.17) is 18.6 Å². The highest BCUT2D eigenvalue weighted by atomic mass is 32.1. The van der Waals surface area contributed by atoms with Gasteiger partial charge < -0.3 is 18.6 Å². The molecule has 0 bridgehead atoms. The first-order chi connectivity index (χ1) is 54.0. The quantitative estimate of drug-likeness (QED) is 0.112. The second-order valence-corrected chi connectivity index (χ2v) is 31.9. The fraction of sp³-hybridized carbons (Fsp3) is 0.0426. The zero-order valence-electron chi connectivity index (χ0n) is 57.5. The van der Waals surface area contributed by atoms with Gasteiger partial charge in [-0.2, -0.15) is 17.9 Å². The fourth-order valence-electron chi connectivity index (χ4n) is 23.4. The highest BCUT2D eigenvalue weighted by Crippen LogP contribution is 2.63. The van der Waals surface area contributed by atoms with Gasteiger partial charge in [0.05, 0.1) is 51.8 Å². The van der Waals surface area contributed by atoms with E-state index >= 15 is 0 Å². The van der Waals surface area contributed by atoms with Crippen LogP contribution >= 0.6 is 11.3 Å². The third kappa shape index (κ3) is 5.16. The Morgan fingerprint density at radius 3 is 1.17 bits per heavy atom. The van der Waals surface area contributed by atoms with Crippen molar-refractivity contribution < 1.29 is 46.0 Å². The number of hydrogen-bond acceptors (Lipinski definition) is 5. The van der Waals surface area contributed by atoms with Gasteiger partial charge in [-0.3, -0.25) is 4.57 Å². The normalized spacial score (nSPS) is 18.3. The first-order valence-electron chi connectivity index (χ1n) is 37.3. The van der Waals surface area contributed by atoms with Gasteiger partial charge in [0.15, 0.2) is 29.6 Å². The van der Waals surface area contributed by atoms with Gasteiger partial charge in [-0.1, -0.05) is 102 Å². The van der Waals surface area contributed by atoms with Crippen LogP contribution in [-0.4, -0.2) is 17.8 Å². The lowest BCUT2D eigenvalue weighted by Crippen LogP contribution is -2.72. The van der Waals surface area contributed by atoms with Crippen molar-refractivity contribution in [3.05, 3.63) is 306 Å². The summed E-state index contributed by atoms with van der Waals surface area (Å²) in [4.78, 5) is 1.29. The summed E-state index contributed by atoms with van der Waals surface area (Å²) in [6.45, 7) is 0. The number of hydrogen-bond donors (Lipinski definition) is 0. The van der Waals surface area contributed by atoms with Crippen LogP contribution in [0.15, 0.2) is 277 Å². The van der Waals surface area contributed by atoms with Crippen molar-refractivity contribution >= 4 is 191 Å². The zero-order chi connectivity index (χ0) is 69.6. The Balaban J connectivity index is 0.0000000831. The number of aromatic nitrogens is 10. The van der Waals surface area contributed by atoms with Gasteiger partial charge in [-0.15, -0.1) is 18.3 Å². The molecule has 498 valence electrons. The fourth-order valence-corrected chi connectivity index (χ4v) is 24.3. The van der Waals surface area contributed by atoms with Crippen LogP contribution in [0.5, 0.6) is 34.5 Å². The molecule has 0 saturated heterocycles. The maximum Gasteiger partial charge on any atom is 0.374 e. The van der Waals surface area contributed by atoms with Crippen LogP contribution in [0.4, 0.5) is 0 Å². The SMILES string of the molecule is Cn1ccc2c1[n+]1c3c4c5c(ccc4c4ccccc4n23)Oc2ccc3ccc4ccc[n+]6c4c3c2C561.c1ccc2c(c1)c1ccc3c4c1c1n2c2ccoc2[n+]1C41c2c(ccc4ccc5ccc[n+]1c5c24)O3.c1ccc2c(c1)c1ccc3c4c1c1n2c2ccsc2[n+]1C41c2c(ccc4ccc5ccc[n+]1c5c24)O3. The molecule has 0 saturated carbocycles. The van der Waals surface area contributed by atoms with E-state index in [9.17, 15) is 0 Å². The maximum atomic E-state index is 6.77. The predicted molar refractivity (Wildman–Crippen MR) is 419 cm³/mol.